The van der Waals surface area contributed by atoms with Gasteiger partial charge in [-0.3, -0.25) is 0 Å². The normalized spacial score (nSPS) is 18.3. The average Bonchev–Trinajstić information content (AvgIpc) is 2.62. The van der Waals surface area contributed by atoms with Crippen LogP contribution in [-0.4, -0.2) is 31.4 Å². The summed E-state index contributed by atoms with van der Waals surface area (Å²) in [6.45, 7) is 2.24. The highest BCUT2D eigenvalue weighted by Crippen LogP contribution is 2.18. The quantitative estimate of drug-likeness (QED) is 0.478. The number of hydrogen-bond donors (Lipinski definition) is 0. The molecule has 17 heavy (non-hydrogen) atoms. The van der Waals surface area contributed by atoms with Gasteiger partial charge in [-0.05, 0) is 17.7 Å². The minimum atomic E-state index is -2.76. The summed E-state index contributed by atoms with van der Waals surface area (Å²) < 4.78 is 22.4. The van der Waals surface area contributed by atoms with Crippen LogP contribution in [0.4, 0.5) is 0 Å². The lowest BCUT2D eigenvalue weighted by Crippen LogP contribution is -2.03. The van der Waals surface area contributed by atoms with Gasteiger partial charge in [-0.15, -0.1) is 0 Å². The van der Waals surface area contributed by atoms with E-state index in [4.69, 9.17) is 0 Å². The minimum Gasteiger partial charge on any atom is -0.228 e. The first-order valence-electron chi connectivity index (χ1n) is 6.60. The molecule has 2 nitrogen and oxygen atoms in total. The van der Waals surface area contributed by atoms with Crippen molar-refractivity contribution in [2.45, 2.75) is 45.4 Å². The van der Waals surface area contributed by atoms with Crippen molar-refractivity contribution in [3.05, 3.63) is 11.6 Å². The molecule has 0 aliphatic carbocycles. The molecule has 100 valence electrons. The SMILES string of the molecule is CCCCCCCCSCC1=CCS(=O)(=O)C1. The van der Waals surface area contributed by atoms with E-state index < -0.39 is 9.84 Å². The Labute approximate surface area is 110 Å². The van der Waals surface area contributed by atoms with E-state index in [2.05, 4.69) is 6.92 Å². The number of thioether (sulfide) groups is 1. The largest absolute Gasteiger partial charge is 0.228 e. The Kier molecular flexibility index (Phi) is 7.28. The first-order valence-corrected chi connectivity index (χ1v) is 9.58. The van der Waals surface area contributed by atoms with Crippen LogP contribution in [0.25, 0.3) is 0 Å². The van der Waals surface area contributed by atoms with Gasteiger partial charge in [0.05, 0.1) is 11.5 Å². The number of rotatable bonds is 9. The van der Waals surface area contributed by atoms with Crippen molar-refractivity contribution < 1.29 is 8.42 Å². The van der Waals surface area contributed by atoms with E-state index in [-0.39, 0.29) is 5.75 Å². The van der Waals surface area contributed by atoms with Gasteiger partial charge in [0.2, 0.25) is 0 Å². The zero-order chi connectivity index (χ0) is 12.6. The van der Waals surface area contributed by atoms with E-state index in [0.29, 0.717) is 5.75 Å². The Morgan fingerprint density at radius 1 is 1.18 bits per heavy atom. The van der Waals surface area contributed by atoms with E-state index >= 15 is 0 Å². The molecule has 1 aliphatic heterocycles. The maximum Gasteiger partial charge on any atom is 0.157 e. The van der Waals surface area contributed by atoms with E-state index in [0.717, 1.165) is 11.3 Å². The molecule has 0 aromatic rings. The predicted octanol–water partition coefficient (Wildman–Crippen LogP) is 3.43. The van der Waals surface area contributed by atoms with Gasteiger partial charge in [0.25, 0.3) is 0 Å². The van der Waals surface area contributed by atoms with Gasteiger partial charge in [-0.1, -0.05) is 45.1 Å². The average molecular weight is 276 g/mol. The van der Waals surface area contributed by atoms with Gasteiger partial charge in [0.15, 0.2) is 9.84 Å². The second-order valence-corrected chi connectivity index (χ2v) is 7.95. The summed E-state index contributed by atoms with van der Waals surface area (Å²) in [5.41, 5.74) is 1.11. The lowest BCUT2D eigenvalue weighted by atomic mass is 10.1. The summed E-state index contributed by atoms with van der Waals surface area (Å²) in [4.78, 5) is 0. The molecule has 0 spiro atoms. The van der Waals surface area contributed by atoms with Gasteiger partial charge in [0, 0.05) is 5.75 Å². The highest BCUT2D eigenvalue weighted by atomic mass is 32.2. The standard InChI is InChI=1S/C13H24O2S2/c1-2-3-4-5-6-7-9-16-11-13-8-10-17(14,15)12-13/h8H,2-7,9-12H2,1H3. The molecule has 0 N–H and O–H groups in total. The first-order chi connectivity index (χ1) is 8.14. The molecule has 1 aliphatic rings. The maximum absolute atomic E-state index is 11.2. The van der Waals surface area contributed by atoms with Gasteiger partial charge in [-0.2, -0.15) is 11.8 Å². The zero-order valence-corrected chi connectivity index (χ0v) is 12.4. The second-order valence-electron chi connectivity index (χ2n) is 4.74. The molecule has 0 fully saturated rings. The molecular formula is C13H24O2S2. The maximum atomic E-state index is 11.2. The zero-order valence-electron chi connectivity index (χ0n) is 10.8. The van der Waals surface area contributed by atoms with Gasteiger partial charge in [0.1, 0.15) is 0 Å². The van der Waals surface area contributed by atoms with Crippen molar-refractivity contribution in [3.8, 4) is 0 Å². The predicted molar refractivity (Wildman–Crippen MR) is 77.4 cm³/mol. The number of hydrogen-bond acceptors (Lipinski definition) is 3. The molecular weight excluding hydrogens is 252 g/mol. The van der Waals surface area contributed by atoms with Crippen molar-refractivity contribution in [1.82, 2.24) is 0 Å². The number of sulfone groups is 1. The smallest absolute Gasteiger partial charge is 0.157 e. The molecule has 1 heterocycles. The Hall–Kier alpha value is 0.0400. The fourth-order valence-corrected chi connectivity index (χ4v) is 4.49. The molecule has 0 saturated carbocycles. The minimum absolute atomic E-state index is 0.264. The van der Waals surface area contributed by atoms with Crippen molar-refractivity contribution in [1.29, 1.82) is 0 Å². The molecule has 4 heteroatoms. The highest BCUT2D eigenvalue weighted by molar-refractivity contribution is 7.99. The fourth-order valence-electron chi connectivity index (χ4n) is 1.93. The Bertz CT molecular complexity index is 331. The third kappa shape index (κ3) is 7.14. The van der Waals surface area contributed by atoms with Crippen LogP contribution in [0.2, 0.25) is 0 Å². The van der Waals surface area contributed by atoms with Crippen LogP contribution in [0, 0.1) is 0 Å². The summed E-state index contributed by atoms with van der Waals surface area (Å²) >= 11 is 1.88. The summed E-state index contributed by atoms with van der Waals surface area (Å²) in [6.07, 6.45) is 9.87. The molecule has 0 radical (unpaired) electrons. The lowest BCUT2D eigenvalue weighted by Gasteiger charge is -2.02. The second kappa shape index (κ2) is 8.20. The summed E-state index contributed by atoms with van der Waals surface area (Å²) in [5, 5.41) is 0. The van der Waals surface area contributed by atoms with Crippen molar-refractivity contribution in [3.63, 3.8) is 0 Å². The molecule has 0 saturated heterocycles. The Morgan fingerprint density at radius 3 is 2.53 bits per heavy atom. The third-order valence-corrected chi connectivity index (χ3v) is 5.60. The fraction of sp³-hybridized carbons (Fsp3) is 0.846. The molecule has 0 amide bonds. The highest BCUT2D eigenvalue weighted by Gasteiger charge is 2.18. The molecule has 1 rings (SSSR count). The molecule has 0 unspecified atom stereocenters. The monoisotopic (exact) mass is 276 g/mol. The molecule has 0 atom stereocenters. The van der Waals surface area contributed by atoms with Crippen LogP contribution < -0.4 is 0 Å². The summed E-state index contributed by atoms with van der Waals surface area (Å²) in [5.74, 6) is 2.65. The number of unbranched alkanes of at least 4 members (excludes halogenated alkanes) is 5. The molecule has 0 aromatic heterocycles. The first kappa shape index (κ1) is 15.1. The van der Waals surface area contributed by atoms with E-state index in [1.165, 1.54) is 44.3 Å². The van der Waals surface area contributed by atoms with Crippen molar-refractivity contribution >= 4 is 21.6 Å². The van der Waals surface area contributed by atoms with Crippen LogP contribution in [0.15, 0.2) is 11.6 Å². The van der Waals surface area contributed by atoms with Crippen LogP contribution >= 0.6 is 11.8 Å². The van der Waals surface area contributed by atoms with Crippen LogP contribution in [0.3, 0.4) is 0 Å². The van der Waals surface area contributed by atoms with E-state index in [1.807, 2.05) is 17.8 Å². The van der Waals surface area contributed by atoms with Crippen molar-refractivity contribution in [2.75, 3.05) is 23.0 Å². The van der Waals surface area contributed by atoms with Gasteiger partial charge >= 0.3 is 0 Å². The Morgan fingerprint density at radius 2 is 1.88 bits per heavy atom. The van der Waals surface area contributed by atoms with Gasteiger partial charge in [-0.25, -0.2) is 8.42 Å². The van der Waals surface area contributed by atoms with Crippen molar-refractivity contribution in [2.24, 2.45) is 0 Å². The van der Waals surface area contributed by atoms with Crippen LogP contribution in [0.5, 0.6) is 0 Å². The van der Waals surface area contributed by atoms with E-state index in [1.54, 1.807) is 0 Å². The third-order valence-electron chi connectivity index (χ3n) is 2.96. The topological polar surface area (TPSA) is 34.1 Å². The van der Waals surface area contributed by atoms with Crippen LogP contribution in [0.1, 0.15) is 45.4 Å². The molecule has 0 aromatic carbocycles. The summed E-state index contributed by atoms with van der Waals surface area (Å²) in [7, 11) is -2.76. The Balaban J connectivity index is 1.92. The molecule has 0 bridgehead atoms. The van der Waals surface area contributed by atoms with Gasteiger partial charge < -0.3 is 0 Å². The lowest BCUT2D eigenvalue weighted by molar-refractivity contribution is 0.603. The van der Waals surface area contributed by atoms with E-state index in [9.17, 15) is 8.42 Å². The van der Waals surface area contributed by atoms with Crippen LogP contribution in [-0.2, 0) is 9.84 Å². The summed E-state index contributed by atoms with van der Waals surface area (Å²) in [6, 6.07) is 0.